The van der Waals surface area contributed by atoms with Gasteiger partial charge in [0.05, 0.1) is 6.33 Å². The highest BCUT2D eigenvalue weighted by Gasteiger charge is 2.37. The molecule has 1 aromatic rings. The summed E-state index contributed by atoms with van der Waals surface area (Å²) >= 11 is 0. The molecule has 0 spiro atoms. The maximum Gasteiger partial charge on any atom is 0.262 e. The van der Waals surface area contributed by atoms with E-state index in [0.717, 1.165) is 32.2 Å². The van der Waals surface area contributed by atoms with Gasteiger partial charge in [-0.15, -0.1) is 0 Å². The van der Waals surface area contributed by atoms with Crippen molar-refractivity contribution in [2.75, 3.05) is 13.1 Å². The van der Waals surface area contributed by atoms with Crippen molar-refractivity contribution < 1.29 is 8.42 Å². The van der Waals surface area contributed by atoms with E-state index in [1.807, 2.05) is 0 Å². The number of sulfonamides is 1. The maximum absolute atomic E-state index is 12.8. The van der Waals surface area contributed by atoms with Gasteiger partial charge in [-0.05, 0) is 32.7 Å². The van der Waals surface area contributed by atoms with Crippen molar-refractivity contribution in [2.24, 2.45) is 7.05 Å². The van der Waals surface area contributed by atoms with Gasteiger partial charge in [0.25, 0.3) is 10.0 Å². The van der Waals surface area contributed by atoms with Crippen LogP contribution in [0.4, 0.5) is 0 Å². The number of aromatic nitrogens is 2. The quantitative estimate of drug-likeness (QED) is 0.861. The molecule has 2 atom stereocenters. The molecule has 1 fully saturated rings. The summed E-state index contributed by atoms with van der Waals surface area (Å²) in [6.45, 7) is 5.69. The first-order valence-corrected chi connectivity index (χ1v) is 9.14. The average molecular weight is 314 g/mol. The number of aryl methyl sites for hydroxylation is 1. The zero-order valence-corrected chi connectivity index (χ0v) is 13.9. The highest BCUT2D eigenvalue weighted by Crippen LogP contribution is 2.26. The second-order valence-corrected chi connectivity index (χ2v) is 7.64. The van der Waals surface area contributed by atoms with E-state index in [0.29, 0.717) is 6.54 Å². The molecule has 1 aromatic heterocycles. The third-order valence-corrected chi connectivity index (χ3v) is 5.86. The molecular formula is C14H26N4O2S. The Hall–Kier alpha value is -0.920. The number of hydrogen-bond acceptors (Lipinski definition) is 4. The topological polar surface area (TPSA) is 67.2 Å². The fourth-order valence-electron chi connectivity index (χ4n) is 2.88. The van der Waals surface area contributed by atoms with E-state index in [4.69, 9.17) is 0 Å². The molecule has 1 aliphatic rings. The molecule has 2 unspecified atom stereocenters. The first-order chi connectivity index (χ1) is 9.96. The Labute approximate surface area is 127 Å². The number of nitrogens with zero attached hydrogens (tertiary/aromatic N) is 3. The Balaban J connectivity index is 2.21. The van der Waals surface area contributed by atoms with Crippen LogP contribution >= 0.6 is 0 Å². The molecule has 0 saturated carbocycles. The molecule has 6 nitrogen and oxygen atoms in total. The fraction of sp³-hybridized carbons (Fsp3) is 0.786. The minimum Gasteiger partial charge on any atom is -0.339 e. The summed E-state index contributed by atoms with van der Waals surface area (Å²) in [4.78, 5) is 4.03. The zero-order valence-electron chi connectivity index (χ0n) is 13.1. The molecule has 2 rings (SSSR count). The fourth-order valence-corrected chi connectivity index (χ4v) is 4.61. The van der Waals surface area contributed by atoms with E-state index in [2.05, 4.69) is 24.1 Å². The lowest BCUT2D eigenvalue weighted by atomic mass is 9.99. The van der Waals surface area contributed by atoms with E-state index in [9.17, 15) is 8.42 Å². The van der Waals surface area contributed by atoms with Gasteiger partial charge in [-0.3, -0.25) is 0 Å². The van der Waals surface area contributed by atoms with Crippen molar-refractivity contribution in [2.45, 2.75) is 56.6 Å². The van der Waals surface area contributed by atoms with Crippen molar-refractivity contribution in [1.82, 2.24) is 19.2 Å². The van der Waals surface area contributed by atoms with Crippen molar-refractivity contribution in [3.05, 3.63) is 12.5 Å². The molecule has 7 heteroatoms. The Morgan fingerprint density at radius 1 is 1.48 bits per heavy atom. The lowest BCUT2D eigenvalue weighted by Crippen LogP contribution is -2.53. The van der Waals surface area contributed by atoms with Gasteiger partial charge in [0.1, 0.15) is 0 Å². The molecule has 0 amide bonds. The van der Waals surface area contributed by atoms with Crippen LogP contribution in [0.2, 0.25) is 0 Å². The Morgan fingerprint density at radius 2 is 2.24 bits per heavy atom. The Kier molecular flexibility index (Phi) is 5.40. The minimum atomic E-state index is -3.50. The van der Waals surface area contributed by atoms with E-state index in [-0.39, 0.29) is 17.1 Å². The summed E-state index contributed by atoms with van der Waals surface area (Å²) in [6.07, 6.45) is 7.06. The van der Waals surface area contributed by atoms with Crippen molar-refractivity contribution >= 4 is 10.0 Å². The monoisotopic (exact) mass is 314 g/mol. The Bertz CT molecular complexity index is 555. The SMILES string of the molecule is CCCNC(C)C1CCCCN1S(=O)(=O)c1cn(C)cn1. The largest absolute Gasteiger partial charge is 0.339 e. The summed E-state index contributed by atoms with van der Waals surface area (Å²) in [6, 6.07) is 0.168. The summed E-state index contributed by atoms with van der Waals surface area (Å²) in [5, 5.41) is 3.58. The third-order valence-electron chi connectivity index (χ3n) is 4.05. The van der Waals surface area contributed by atoms with E-state index < -0.39 is 10.0 Å². The number of piperidine rings is 1. The van der Waals surface area contributed by atoms with Gasteiger partial charge in [0, 0.05) is 31.9 Å². The summed E-state index contributed by atoms with van der Waals surface area (Å²) in [7, 11) is -1.72. The number of nitrogens with one attached hydrogen (secondary N) is 1. The van der Waals surface area contributed by atoms with Crippen LogP contribution in [-0.4, -0.2) is 47.4 Å². The van der Waals surface area contributed by atoms with Crippen molar-refractivity contribution in [1.29, 1.82) is 0 Å². The molecular weight excluding hydrogens is 288 g/mol. The van der Waals surface area contributed by atoms with Crippen molar-refractivity contribution in [3.8, 4) is 0 Å². The highest BCUT2D eigenvalue weighted by atomic mass is 32.2. The molecule has 0 bridgehead atoms. The van der Waals surface area contributed by atoms with Gasteiger partial charge in [0.15, 0.2) is 5.03 Å². The van der Waals surface area contributed by atoms with Crippen LogP contribution in [-0.2, 0) is 17.1 Å². The van der Waals surface area contributed by atoms with Crippen molar-refractivity contribution in [3.63, 3.8) is 0 Å². The summed E-state index contributed by atoms with van der Waals surface area (Å²) < 4.78 is 28.9. The van der Waals surface area contributed by atoms with Gasteiger partial charge in [0.2, 0.25) is 0 Å². The molecule has 0 aromatic carbocycles. The smallest absolute Gasteiger partial charge is 0.262 e. The highest BCUT2D eigenvalue weighted by molar-refractivity contribution is 7.89. The zero-order chi connectivity index (χ0) is 15.5. The van der Waals surface area contributed by atoms with Gasteiger partial charge in [-0.1, -0.05) is 13.3 Å². The molecule has 21 heavy (non-hydrogen) atoms. The molecule has 120 valence electrons. The molecule has 1 N–H and O–H groups in total. The van der Waals surface area contributed by atoms with Crippen LogP contribution in [0, 0.1) is 0 Å². The van der Waals surface area contributed by atoms with E-state index in [1.54, 1.807) is 22.1 Å². The average Bonchev–Trinajstić information content (AvgIpc) is 2.92. The predicted octanol–water partition coefficient (Wildman–Crippen LogP) is 1.35. The van der Waals surface area contributed by atoms with Crippen LogP contribution in [0.5, 0.6) is 0 Å². The van der Waals surface area contributed by atoms with Crippen LogP contribution < -0.4 is 5.32 Å². The standard InChI is InChI=1S/C14H26N4O2S/c1-4-8-15-12(2)13-7-5-6-9-18(13)21(19,20)14-10-17(3)11-16-14/h10-13,15H,4-9H2,1-3H3. The van der Waals surface area contributed by atoms with Gasteiger partial charge in [-0.25, -0.2) is 13.4 Å². The summed E-state index contributed by atoms with van der Waals surface area (Å²) in [5.41, 5.74) is 0. The second-order valence-electron chi connectivity index (χ2n) is 5.80. The molecule has 1 aliphatic heterocycles. The van der Waals surface area contributed by atoms with Crippen LogP contribution in [0.15, 0.2) is 17.6 Å². The van der Waals surface area contributed by atoms with Gasteiger partial charge < -0.3 is 9.88 Å². The first-order valence-electron chi connectivity index (χ1n) is 7.70. The number of hydrogen-bond donors (Lipinski definition) is 1. The lowest BCUT2D eigenvalue weighted by molar-refractivity contribution is 0.208. The molecule has 1 saturated heterocycles. The Morgan fingerprint density at radius 3 is 2.86 bits per heavy atom. The van der Waals surface area contributed by atoms with Gasteiger partial charge >= 0.3 is 0 Å². The molecule has 0 radical (unpaired) electrons. The predicted molar refractivity (Wildman–Crippen MR) is 82.5 cm³/mol. The second kappa shape index (κ2) is 6.89. The number of imidazole rings is 1. The van der Waals surface area contributed by atoms with Gasteiger partial charge in [-0.2, -0.15) is 4.31 Å². The van der Waals surface area contributed by atoms with Crippen LogP contribution in [0.3, 0.4) is 0 Å². The third kappa shape index (κ3) is 3.64. The van der Waals surface area contributed by atoms with Crippen LogP contribution in [0.25, 0.3) is 0 Å². The van der Waals surface area contributed by atoms with E-state index in [1.165, 1.54) is 6.33 Å². The number of rotatable bonds is 6. The van der Waals surface area contributed by atoms with E-state index >= 15 is 0 Å². The molecule has 2 heterocycles. The summed E-state index contributed by atoms with van der Waals surface area (Å²) in [5.74, 6) is 0. The normalized spacial score (nSPS) is 22.3. The lowest BCUT2D eigenvalue weighted by Gasteiger charge is -2.38. The molecule has 0 aliphatic carbocycles. The minimum absolute atomic E-state index is 0.0114. The maximum atomic E-state index is 12.8. The van der Waals surface area contributed by atoms with Crippen LogP contribution in [0.1, 0.15) is 39.5 Å². The first kappa shape index (κ1) is 16.5.